The van der Waals surface area contributed by atoms with E-state index in [2.05, 4.69) is 4.74 Å². The molecule has 0 saturated carbocycles. The van der Waals surface area contributed by atoms with Crippen molar-refractivity contribution < 1.29 is 28.0 Å². The molecule has 0 aliphatic heterocycles. The fourth-order valence-corrected chi connectivity index (χ4v) is 1.56. The van der Waals surface area contributed by atoms with Gasteiger partial charge in [0.05, 0.1) is 10.5 Å². The van der Waals surface area contributed by atoms with Gasteiger partial charge < -0.3 is 9.47 Å². The lowest BCUT2D eigenvalue weighted by Crippen LogP contribution is -2.11. The number of rotatable bonds is 4. The number of hydrogen-bond donors (Lipinski definition) is 0. The highest BCUT2D eigenvalue weighted by atomic mass is 19.1. The molecule has 8 heteroatoms. The Bertz CT molecular complexity index is 683. The molecule has 0 bridgehead atoms. The van der Waals surface area contributed by atoms with Gasteiger partial charge in [-0.1, -0.05) is 6.07 Å². The number of carbonyl (C=O) groups is 1. The Balaban J connectivity index is 1.94. The van der Waals surface area contributed by atoms with Crippen LogP contribution in [-0.4, -0.2) is 11.1 Å². The number of nitrogens with zero attached hydrogens (tertiary/aromatic N) is 1. The summed E-state index contributed by atoms with van der Waals surface area (Å²) in [6, 6.07) is 7.92. The largest absolute Gasteiger partial charge is 0.514 e. The van der Waals surface area contributed by atoms with Crippen molar-refractivity contribution in [2.45, 2.75) is 6.61 Å². The lowest BCUT2D eigenvalue weighted by atomic mass is 10.2. The third-order valence-corrected chi connectivity index (χ3v) is 2.64. The molecule has 0 aliphatic rings. The van der Waals surface area contributed by atoms with Crippen LogP contribution in [0, 0.1) is 21.7 Å². The van der Waals surface area contributed by atoms with Crippen LogP contribution in [0.25, 0.3) is 0 Å². The average molecular weight is 309 g/mol. The van der Waals surface area contributed by atoms with Gasteiger partial charge >= 0.3 is 6.16 Å². The van der Waals surface area contributed by atoms with Gasteiger partial charge in [0.25, 0.3) is 5.69 Å². The summed E-state index contributed by atoms with van der Waals surface area (Å²) in [4.78, 5) is 21.3. The fourth-order valence-electron chi connectivity index (χ4n) is 1.56. The van der Waals surface area contributed by atoms with Crippen LogP contribution in [0.4, 0.5) is 19.3 Å². The van der Waals surface area contributed by atoms with Crippen LogP contribution in [-0.2, 0) is 11.3 Å². The highest BCUT2D eigenvalue weighted by Crippen LogP contribution is 2.18. The summed E-state index contributed by atoms with van der Waals surface area (Å²) in [6.45, 7) is -0.635. The molecule has 114 valence electrons. The summed E-state index contributed by atoms with van der Waals surface area (Å²) < 4.78 is 35.9. The number of carbonyl (C=O) groups excluding carboxylic acids is 1. The summed E-state index contributed by atoms with van der Waals surface area (Å²) >= 11 is 0. The predicted octanol–water partition coefficient (Wildman–Crippen LogP) is 3.59. The first-order valence-corrected chi connectivity index (χ1v) is 5.99. The number of benzene rings is 2. The molecule has 0 radical (unpaired) electrons. The van der Waals surface area contributed by atoms with Crippen LogP contribution in [0.5, 0.6) is 5.75 Å². The van der Waals surface area contributed by atoms with Crippen molar-refractivity contribution in [3.63, 3.8) is 0 Å². The van der Waals surface area contributed by atoms with Gasteiger partial charge in [0.1, 0.15) is 24.0 Å². The van der Waals surface area contributed by atoms with Crippen LogP contribution in [0.3, 0.4) is 0 Å². The van der Waals surface area contributed by atoms with E-state index in [9.17, 15) is 23.7 Å². The molecule has 2 aromatic rings. The maximum atomic E-state index is 13.3. The van der Waals surface area contributed by atoms with Crippen LogP contribution in [0.1, 0.15) is 5.56 Å². The molecular weight excluding hydrogens is 300 g/mol. The molecule has 0 unspecified atom stereocenters. The minimum Gasteiger partial charge on any atom is -0.429 e. The van der Waals surface area contributed by atoms with Crippen molar-refractivity contribution in [1.82, 2.24) is 0 Å². The summed E-state index contributed by atoms with van der Waals surface area (Å²) in [5.74, 6) is -1.68. The van der Waals surface area contributed by atoms with E-state index in [4.69, 9.17) is 4.74 Å². The SMILES string of the molecule is O=C(OCc1c(F)cccc1F)Oc1ccc([N+](=O)[O-])cc1. The van der Waals surface area contributed by atoms with Crippen molar-refractivity contribution in [2.24, 2.45) is 0 Å². The predicted molar refractivity (Wildman–Crippen MR) is 70.3 cm³/mol. The van der Waals surface area contributed by atoms with Crippen molar-refractivity contribution in [2.75, 3.05) is 0 Å². The molecule has 6 nitrogen and oxygen atoms in total. The zero-order valence-electron chi connectivity index (χ0n) is 11.0. The number of hydrogen-bond acceptors (Lipinski definition) is 5. The standard InChI is InChI=1S/C14H9F2NO5/c15-12-2-1-3-13(16)11(12)8-21-14(18)22-10-6-4-9(5-7-10)17(19)20/h1-7H,8H2. The second-order valence-corrected chi connectivity index (χ2v) is 4.09. The quantitative estimate of drug-likeness (QED) is 0.373. The van der Waals surface area contributed by atoms with Gasteiger partial charge in [0.2, 0.25) is 0 Å². The number of halogens is 2. The molecule has 2 aromatic carbocycles. The molecule has 22 heavy (non-hydrogen) atoms. The average Bonchev–Trinajstić information content (AvgIpc) is 2.47. The first-order valence-electron chi connectivity index (χ1n) is 5.99. The van der Waals surface area contributed by atoms with E-state index in [1.54, 1.807) is 0 Å². The summed E-state index contributed by atoms with van der Waals surface area (Å²) in [5.41, 5.74) is -0.572. The normalized spacial score (nSPS) is 10.1. The molecule has 0 aromatic heterocycles. The van der Waals surface area contributed by atoms with Crippen LogP contribution < -0.4 is 4.74 Å². The van der Waals surface area contributed by atoms with Gasteiger partial charge in [-0.2, -0.15) is 0 Å². The molecule has 0 fully saturated rings. The van der Waals surface area contributed by atoms with Gasteiger partial charge in [-0.25, -0.2) is 13.6 Å². The van der Waals surface area contributed by atoms with E-state index in [-0.39, 0.29) is 11.4 Å². The molecular formula is C14H9F2NO5. The monoisotopic (exact) mass is 309 g/mol. The Morgan fingerprint density at radius 3 is 2.23 bits per heavy atom. The van der Waals surface area contributed by atoms with Gasteiger partial charge in [0.15, 0.2) is 0 Å². The highest BCUT2D eigenvalue weighted by molar-refractivity contribution is 5.64. The third-order valence-electron chi connectivity index (χ3n) is 2.64. The zero-order chi connectivity index (χ0) is 16.1. The summed E-state index contributed by atoms with van der Waals surface area (Å²) in [7, 11) is 0. The number of nitro groups is 1. The Labute approximate surface area is 123 Å². The van der Waals surface area contributed by atoms with E-state index in [0.29, 0.717) is 0 Å². The fraction of sp³-hybridized carbons (Fsp3) is 0.0714. The Hall–Kier alpha value is -3.03. The first kappa shape index (κ1) is 15.4. The van der Waals surface area contributed by atoms with E-state index < -0.39 is 34.9 Å². The lowest BCUT2D eigenvalue weighted by Gasteiger charge is -2.07. The van der Waals surface area contributed by atoms with Gasteiger partial charge in [-0.05, 0) is 24.3 Å². The van der Waals surface area contributed by atoms with Gasteiger partial charge in [-0.15, -0.1) is 0 Å². The molecule has 0 N–H and O–H groups in total. The molecule has 0 amide bonds. The number of nitro benzene ring substituents is 1. The summed E-state index contributed by atoms with van der Waals surface area (Å²) in [6.07, 6.45) is -1.18. The molecule has 0 heterocycles. The second-order valence-electron chi connectivity index (χ2n) is 4.09. The van der Waals surface area contributed by atoms with E-state index in [1.165, 1.54) is 18.2 Å². The van der Waals surface area contributed by atoms with Crippen molar-refractivity contribution >= 4 is 11.8 Å². The first-order chi connectivity index (χ1) is 10.5. The Kier molecular flexibility index (Phi) is 4.62. The van der Waals surface area contributed by atoms with Crippen molar-refractivity contribution in [3.05, 3.63) is 69.8 Å². The molecule has 0 saturated heterocycles. The van der Waals surface area contributed by atoms with E-state index in [1.807, 2.05) is 0 Å². The maximum Gasteiger partial charge on any atom is 0.514 e. The smallest absolute Gasteiger partial charge is 0.429 e. The second kappa shape index (κ2) is 6.61. The summed E-state index contributed by atoms with van der Waals surface area (Å²) in [5, 5.41) is 10.5. The van der Waals surface area contributed by atoms with Crippen molar-refractivity contribution in [3.8, 4) is 5.75 Å². The molecule has 2 rings (SSSR count). The van der Waals surface area contributed by atoms with Gasteiger partial charge in [0, 0.05) is 12.1 Å². The van der Waals surface area contributed by atoms with E-state index >= 15 is 0 Å². The minimum atomic E-state index is -1.18. The third kappa shape index (κ3) is 3.75. The molecule has 0 atom stereocenters. The zero-order valence-corrected chi connectivity index (χ0v) is 11.0. The van der Waals surface area contributed by atoms with Crippen LogP contribution in [0.2, 0.25) is 0 Å². The number of ether oxygens (including phenoxy) is 2. The molecule has 0 spiro atoms. The Morgan fingerprint density at radius 2 is 1.68 bits per heavy atom. The topological polar surface area (TPSA) is 78.7 Å². The minimum absolute atomic E-state index is 0.00426. The van der Waals surface area contributed by atoms with E-state index in [0.717, 1.165) is 24.3 Å². The number of non-ortho nitro benzene ring substituents is 1. The molecule has 0 aliphatic carbocycles. The van der Waals surface area contributed by atoms with Crippen molar-refractivity contribution in [1.29, 1.82) is 0 Å². The maximum absolute atomic E-state index is 13.3. The van der Waals surface area contributed by atoms with Crippen LogP contribution >= 0.6 is 0 Å². The lowest BCUT2D eigenvalue weighted by molar-refractivity contribution is -0.384. The van der Waals surface area contributed by atoms with Gasteiger partial charge in [-0.3, -0.25) is 10.1 Å². The highest BCUT2D eigenvalue weighted by Gasteiger charge is 2.13. The Morgan fingerprint density at radius 1 is 1.09 bits per heavy atom. The van der Waals surface area contributed by atoms with Crippen LogP contribution in [0.15, 0.2) is 42.5 Å².